The fourth-order valence-electron chi connectivity index (χ4n) is 2.06. The first-order valence-electron chi connectivity index (χ1n) is 6.52. The molecule has 6 heteroatoms. The molecule has 2 rings (SSSR count). The summed E-state index contributed by atoms with van der Waals surface area (Å²) in [5.41, 5.74) is 3.15. The number of aromatic nitrogens is 3. The number of carbonyl (C=O) groups is 1. The van der Waals surface area contributed by atoms with Crippen LogP contribution in [-0.2, 0) is 0 Å². The maximum absolute atomic E-state index is 12.0. The van der Waals surface area contributed by atoms with Crippen molar-refractivity contribution in [2.45, 2.75) is 33.7 Å². The summed E-state index contributed by atoms with van der Waals surface area (Å²) < 4.78 is 1.90. The van der Waals surface area contributed by atoms with Gasteiger partial charge in [0.2, 0.25) is 0 Å². The normalized spacial score (nSPS) is 10.7. The maximum atomic E-state index is 12.0. The third-order valence-corrected chi connectivity index (χ3v) is 2.97. The van der Waals surface area contributed by atoms with Crippen LogP contribution in [0, 0.1) is 13.8 Å². The average molecular weight is 273 g/mol. The van der Waals surface area contributed by atoms with Gasteiger partial charge in [-0.1, -0.05) is 0 Å². The zero-order valence-corrected chi connectivity index (χ0v) is 12.1. The van der Waals surface area contributed by atoms with Gasteiger partial charge in [0.25, 0.3) is 0 Å². The van der Waals surface area contributed by atoms with Crippen molar-refractivity contribution in [1.29, 1.82) is 0 Å². The highest BCUT2D eigenvalue weighted by molar-refractivity contribution is 6.00. The molecule has 2 N–H and O–H groups in total. The second-order valence-corrected chi connectivity index (χ2v) is 4.90. The molecule has 0 fully saturated rings. The fourth-order valence-corrected chi connectivity index (χ4v) is 2.06. The van der Waals surface area contributed by atoms with Crippen molar-refractivity contribution in [3.63, 3.8) is 0 Å². The largest absolute Gasteiger partial charge is 0.323 e. The van der Waals surface area contributed by atoms with E-state index in [1.165, 1.54) is 0 Å². The van der Waals surface area contributed by atoms with Gasteiger partial charge in [0.05, 0.1) is 29.0 Å². The molecule has 0 bridgehead atoms. The lowest BCUT2D eigenvalue weighted by atomic mass is 10.3. The van der Waals surface area contributed by atoms with E-state index in [0.29, 0.717) is 5.69 Å². The van der Waals surface area contributed by atoms with E-state index in [2.05, 4.69) is 34.6 Å². The molecule has 0 saturated heterocycles. The van der Waals surface area contributed by atoms with Crippen molar-refractivity contribution in [2.24, 2.45) is 0 Å². The number of carbonyl (C=O) groups excluding carboxylic acids is 1. The third-order valence-electron chi connectivity index (χ3n) is 2.97. The van der Waals surface area contributed by atoms with Gasteiger partial charge in [-0.05, 0) is 39.8 Å². The standard InChI is InChI=1S/C14H19N5O/c1-9(2)19-11(4)13(10(3)18-19)17-14(20)16-12-6-5-7-15-8-12/h5-9H,1-4H3,(H2,16,17,20). The molecule has 0 atom stereocenters. The van der Waals surface area contributed by atoms with Crippen molar-refractivity contribution >= 4 is 17.4 Å². The first-order chi connectivity index (χ1) is 9.49. The predicted molar refractivity (Wildman–Crippen MR) is 79.0 cm³/mol. The van der Waals surface area contributed by atoms with E-state index in [-0.39, 0.29) is 12.1 Å². The summed E-state index contributed by atoms with van der Waals surface area (Å²) in [5.74, 6) is 0. The van der Waals surface area contributed by atoms with Gasteiger partial charge in [-0.3, -0.25) is 9.67 Å². The van der Waals surface area contributed by atoms with Gasteiger partial charge >= 0.3 is 6.03 Å². The molecule has 0 unspecified atom stereocenters. The summed E-state index contributed by atoms with van der Waals surface area (Å²) in [4.78, 5) is 15.9. The quantitative estimate of drug-likeness (QED) is 0.902. The Balaban J connectivity index is 2.12. The average Bonchev–Trinajstić information content (AvgIpc) is 2.68. The second kappa shape index (κ2) is 5.73. The number of hydrogen-bond donors (Lipinski definition) is 2. The molecule has 2 aromatic rings. The van der Waals surface area contributed by atoms with Gasteiger partial charge in [0, 0.05) is 12.2 Å². The molecule has 0 aliphatic heterocycles. The van der Waals surface area contributed by atoms with Crippen molar-refractivity contribution in [1.82, 2.24) is 14.8 Å². The Hall–Kier alpha value is -2.37. The minimum atomic E-state index is -0.299. The van der Waals surface area contributed by atoms with E-state index in [1.54, 1.807) is 24.5 Å². The van der Waals surface area contributed by atoms with Crippen LogP contribution < -0.4 is 10.6 Å². The van der Waals surface area contributed by atoms with Crippen molar-refractivity contribution in [3.05, 3.63) is 35.9 Å². The molecule has 2 heterocycles. The summed E-state index contributed by atoms with van der Waals surface area (Å²) in [6, 6.07) is 3.50. The van der Waals surface area contributed by atoms with Crippen LogP contribution in [-0.4, -0.2) is 20.8 Å². The van der Waals surface area contributed by atoms with Gasteiger partial charge in [-0.25, -0.2) is 4.79 Å². The summed E-state index contributed by atoms with van der Waals surface area (Å²) in [6.45, 7) is 7.93. The Morgan fingerprint density at radius 1 is 1.30 bits per heavy atom. The minimum absolute atomic E-state index is 0.255. The van der Waals surface area contributed by atoms with Gasteiger partial charge < -0.3 is 10.6 Å². The van der Waals surface area contributed by atoms with E-state index in [9.17, 15) is 4.79 Å². The van der Waals surface area contributed by atoms with Crippen LogP contribution in [0.15, 0.2) is 24.5 Å². The van der Waals surface area contributed by atoms with Crippen LogP contribution in [0.5, 0.6) is 0 Å². The molecule has 0 aliphatic carbocycles. The van der Waals surface area contributed by atoms with E-state index in [1.807, 2.05) is 18.5 Å². The van der Waals surface area contributed by atoms with E-state index >= 15 is 0 Å². The number of rotatable bonds is 3. The Kier molecular flexibility index (Phi) is 4.02. The molecular weight excluding hydrogens is 254 g/mol. The van der Waals surface area contributed by atoms with E-state index < -0.39 is 0 Å². The molecule has 6 nitrogen and oxygen atoms in total. The van der Waals surface area contributed by atoms with Gasteiger partial charge in [0.15, 0.2) is 0 Å². The highest BCUT2D eigenvalue weighted by Gasteiger charge is 2.15. The summed E-state index contributed by atoms with van der Waals surface area (Å²) in [7, 11) is 0. The lowest BCUT2D eigenvalue weighted by Crippen LogP contribution is -2.20. The molecule has 2 amide bonds. The Morgan fingerprint density at radius 3 is 2.60 bits per heavy atom. The molecule has 106 valence electrons. The van der Waals surface area contributed by atoms with Crippen molar-refractivity contribution in [2.75, 3.05) is 10.6 Å². The number of pyridine rings is 1. The molecule has 0 saturated carbocycles. The second-order valence-electron chi connectivity index (χ2n) is 4.90. The van der Waals surface area contributed by atoms with Crippen LogP contribution in [0.25, 0.3) is 0 Å². The molecule has 20 heavy (non-hydrogen) atoms. The number of anilines is 2. The third kappa shape index (κ3) is 2.96. The summed E-state index contributed by atoms with van der Waals surface area (Å²) >= 11 is 0. The van der Waals surface area contributed by atoms with Gasteiger partial charge in [-0.2, -0.15) is 5.10 Å². The lowest BCUT2D eigenvalue weighted by molar-refractivity contribution is 0.262. The van der Waals surface area contributed by atoms with Gasteiger partial charge in [-0.15, -0.1) is 0 Å². The smallest absolute Gasteiger partial charge is 0.306 e. The SMILES string of the molecule is Cc1nn(C(C)C)c(C)c1NC(=O)Nc1cccnc1. The zero-order valence-electron chi connectivity index (χ0n) is 12.1. The van der Waals surface area contributed by atoms with E-state index in [4.69, 9.17) is 0 Å². The summed E-state index contributed by atoms with van der Waals surface area (Å²) in [5, 5.41) is 10.0. The Morgan fingerprint density at radius 2 is 2.05 bits per heavy atom. The highest BCUT2D eigenvalue weighted by Crippen LogP contribution is 2.22. The maximum Gasteiger partial charge on any atom is 0.323 e. The lowest BCUT2D eigenvalue weighted by Gasteiger charge is -2.10. The Bertz CT molecular complexity index is 604. The number of hydrogen-bond acceptors (Lipinski definition) is 3. The molecule has 0 radical (unpaired) electrons. The molecule has 0 aromatic carbocycles. The zero-order chi connectivity index (χ0) is 14.7. The van der Waals surface area contributed by atoms with Crippen molar-refractivity contribution < 1.29 is 4.79 Å². The number of aryl methyl sites for hydroxylation is 1. The van der Waals surface area contributed by atoms with Crippen LogP contribution in [0.2, 0.25) is 0 Å². The molecular formula is C14H19N5O. The predicted octanol–water partition coefficient (Wildman–Crippen LogP) is 3.12. The first kappa shape index (κ1) is 14.0. The number of amides is 2. The molecule has 0 aliphatic rings. The van der Waals surface area contributed by atoms with Crippen molar-refractivity contribution in [3.8, 4) is 0 Å². The molecule has 0 spiro atoms. The highest BCUT2D eigenvalue weighted by atomic mass is 16.2. The number of nitrogens with zero attached hydrogens (tertiary/aromatic N) is 3. The first-order valence-corrected chi connectivity index (χ1v) is 6.52. The Labute approximate surface area is 118 Å². The minimum Gasteiger partial charge on any atom is -0.306 e. The monoisotopic (exact) mass is 273 g/mol. The number of nitrogens with one attached hydrogen (secondary N) is 2. The number of urea groups is 1. The van der Waals surface area contributed by atoms with Gasteiger partial charge in [0.1, 0.15) is 0 Å². The molecule has 2 aromatic heterocycles. The fraction of sp³-hybridized carbons (Fsp3) is 0.357. The van der Waals surface area contributed by atoms with E-state index in [0.717, 1.165) is 17.1 Å². The van der Waals surface area contributed by atoms with Crippen LogP contribution in [0.3, 0.4) is 0 Å². The summed E-state index contributed by atoms with van der Waals surface area (Å²) in [6.07, 6.45) is 3.25. The van der Waals surface area contributed by atoms with Crippen LogP contribution >= 0.6 is 0 Å². The van der Waals surface area contributed by atoms with Crippen LogP contribution in [0.4, 0.5) is 16.2 Å². The topological polar surface area (TPSA) is 71.8 Å². The van der Waals surface area contributed by atoms with Crippen LogP contribution in [0.1, 0.15) is 31.3 Å².